The molecule has 0 spiro atoms. The van der Waals surface area contributed by atoms with Gasteiger partial charge in [-0.1, -0.05) is 6.07 Å². The Bertz CT molecular complexity index is 481. The first kappa shape index (κ1) is 14.9. The lowest BCUT2D eigenvalue weighted by Gasteiger charge is -2.29. The quantitative estimate of drug-likeness (QED) is 0.578. The summed E-state index contributed by atoms with van der Waals surface area (Å²) in [5.74, 6) is -4.82. The molecule has 0 unspecified atom stereocenters. The van der Waals surface area contributed by atoms with Gasteiger partial charge in [0.2, 0.25) is 0 Å². The highest BCUT2D eigenvalue weighted by molar-refractivity contribution is 5.98. The summed E-state index contributed by atoms with van der Waals surface area (Å²) in [6.07, 6.45) is -4.59. The topological polar surface area (TPSA) is 17.1 Å². The molecular formula is C14H13F5O. The highest BCUT2D eigenvalue weighted by atomic mass is 19.4. The van der Waals surface area contributed by atoms with E-state index in [-0.39, 0.29) is 25.7 Å². The van der Waals surface area contributed by atoms with Gasteiger partial charge in [0, 0.05) is 5.92 Å². The van der Waals surface area contributed by atoms with Gasteiger partial charge in [0.05, 0.1) is 11.5 Å². The normalized spacial score (nSPS) is 23.6. The molecule has 1 nitrogen and oxygen atoms in total. The van der Waals surface area contributed by atoms with Gasteiger partial charge in [-0.15, -0.1) is 0 Å². The van der Waals surface area contributed by atoms with Gasteiger partial charge in [-0.3, -0.25) is 4.79 Å². The Labute approximate surface area is 112 Å². The van der Waals surface area contributed by atoms with E-state index in [1.165, 1.54) is 0 Å². The second-order valence-corrected chi connectivity index (χ2v) is 5.05. The number of hydrogen-bond acceptors (Lipinski definition) is 1. The van der Waals surface area contributed by atoms with E-state index in [1.807, 2.05) is 0 Å². The number of Topliss-reactive ketones (excluding diaryl/α,β-unsaturated/α-hetero) is 1. The van der Waals surface area contributed by atoms with E-state index in [2.05, 4.69) is 0 Å². The number of ketones is 1. The van der Waals surface area contributed by atoms with Crippen LogP contribution in [0.25, 0.3) is 0 Å². The molecule has 0 amide bonds. The molecule has 0 aromatic heterocycles. The molecule has 6 heteroatoms. The Morgan fingerprint density at radius 2 is 1.50 bits per heavy atom. The average Bonchev–Trinajstić information content (AvgIpc) is 2.37. The summed E-state index contributed by atoms with van der Waals surface area (Å²) >= 11 is 0. The van der Waals surface area contributed by atoms with Crippen LogP contribution in [0.4, 0.5) is 22.0 Å². The lowest BCUT2D eigenvalue weighted by atomic mass is 9.78. The summed E-state index contributed by atoms with van der Waals surface area (Å²) in [6, 6.07) is 3.08. The van der Waals surface area contributed by atoms with Crippen molar-refractivity contribution in [2.45, 2.75) is 31.9 Å². The van der Waals surface area contributed by atoms with Crippen LogP contribution >= 0.6 is 0 Å². The minimum Gasteiger partial charge on any atom is -0.294 e. The molecule has 0 radical (unpaired) electrons. The molecule has 0 saturated heterocycles. The first-order valence-corrected chi connectivity index (χ1v) is 6.35. The summed E-state index contributed by atoms with van der Waals surface area (Å²) in [4.78, 5) is 12.0. The number of carbonyl (C=O) groups excluding carboxylic acids is 1. The third-order valence-electron chi connectivity index (χ3n) is 3.77. The van der Waals surface area contributed by atoms with Gasteiger partial charge in [-0.05, 0) is 37.8 Å². The molecule has 1 aromatic carbocycles. The van der Waals surface area contributed by atoms with Crippen LogP contribution in [0.15, 0.2) is 18.2 Å². The summed E-state index contributed by atoms with van der Waals surface area (Å²) in [7, 11) is 0. The number of carbonyl (C=O) groups is 1. The van der Waals surface area contributed by atoms with Crippen molar-refractivity contribution in [1.29, 1.82) is 0 Å². The van der Waals surface area contributed by atoms with Gasteiger partial charge in [0.25, 0.3) is 0 Å². The summed E-state index contributed by atoms with van der Waals surface area (Å²) in [5, 5.41) is 0. The standard InChI is InChI=1S/C14H13F5O/c15-10-2-1-3-11(16)12(10)13(20)8-4-6-9(7-5-8)14(17,18)19/h1-3,8-9H,4-7H2. The van der Waals surface area contributed by atoms with Crippen LogP contribution in [0.5, 0.6) is 0 Å². The molecule has 20 heavy (non-hydrogen) atoms. The number of benzene rings is 1. The molecule has 0 N–H and O–H groups in total. The van der Waals surface area contributed by atoms with Crippen molar-refractivity contribution in [3.05, 3.63) is 35.4 Å². The van der Waals surface area contributed by atoms with Gasteiger partial charge in [0.1, 0.15) is 11.6 Å². The second kappa shape index (κ2) is 5.50. The first-order valence-electron chi connectivity index (χ1n) is 6.35. The van der Waals surface area contributed by atoms with Gasteiger partial charge in [-0.2, -0.15) is 13.2 Å². The van der Waals surface area contributed by atoms with Crippen LogP contribution < -0.4 is 0 Å². The molecule has 110 valence electrons. The molecule has 2 rings (SSSR count). The summed E-state index contributed by atoms with van der Waals surface area (Å²) in [5.41, 5.74) is -0.636. The third kappa shape index (κ3) is 2.99. The van der Waals surface area contributed by atoms with Crippen molar-refractivity contribution in [3.8, 4) is 0 Å². The Balaban J connectivity index is 2.09. The van der Waals surface area contributed by atoms with Crippen molar-refractivity contribution < 1.29 is 26.7 Å². The molecule has 0 heterocycles. The first-order chi connectivity index (χ1) is 9.30. The zero-order chi connectivity index (χ0) is 14.9. The van der Waals surface area contributed by atoms with E-state index in [0.29, 0.717) is 0 Å². The van der Waals surface area contributed by atoms with Crippen molar-refractivity contribution in [3.63, 3.8) is 0 Å². The molecule has 1 fully saturated rings. The number of halogens is 5. The maximum atomic E-state index is 13.5. The van der Waals surface area contributed by atoms with Gasteiger partial charge in [-0.25, -0.2) is 8.78 Å². The lowest BCUT2D eigenvalue weighted by molar-refractivity contribution is -0.183. The van der Waals surface area contributed by atoms with Crippen LogP contribution in [0.1, 0.15) is 36.0 Å². The molecule has 0 aliphatic heterocycles. The van der Waals surface area contributed by atoms with Crippen LogP contribution in [0, 0.1) is 23.5 Å². The zero-order valence-corrected chi connectivity index (χ0v) is 10.5. The largest absolute Gasteiger partial charge is 0.391 e. The van der Waals surface area contributed by atoms with Gasteiger partial charge in [0.15, 0.2) is 5.78 Å². The maximum Gasteiger partial charge on any atom is 0.391 e. The van der Waals surface area contributed by atoms with Crippen molar-refractivity contribution in [1.82, 2.24) is 0 Å². The summed E-state index contributed by atoms with van der Waals surface area (Å²) in [6.45, 7) is 0. The Morgan fingerprint density at radius 3 is 1.95 bits per heavy atom. The highest BCUT2D eigenvalue weighted by Gasteiger charge is 2.42. The number of rotatable bonds is 2. The summed E-state index contributed by atoms with van der Waals surface area (Å²) < 4.78 is 64.5. The fourth-order valence-electron chi connectivity index (χ4n) is 2.62. The van der Waals surface area contributed by atoms with E-state index < -0.39 is 41.0 Å². The van der Waals surface area contributed by atoms with Gasteiger partial charge >= 0.3 is 6.18 Å². The van der Waals surface area contributed by atoms with Crippen LogP contribution in [-0.2, 0) is 0 Å². The molecule has 1 aromatic rings. The SMILES string of the molecule is O=C(c1c(F)cccc1F)C1CCC(C(F)(F)F)CC1. The monoisotopic (exact) mass is 292 g/mol. The number of alkyl halides is 3. The smallest absolute Gasteiger partial charge is 0.294 e. The predicted octanol–water partition coefficient (Wildman–Crippen LogP) is 4.52. The van der Waals surface area contributed by atoms with Gasteiger partial charge < -0.3 is 0 Å². The Hall–Kier alpha value is -1.46. The lowest BCUT2D eigenvalue weighted by Crippen LogP contribution is -2.30. The molecule has 1 saturated carbocycles. The Morgan fingerprint density at radius 1 is 1.00 bits per heavy atom. The zero-order valence-electron chi connectivity index (χ0n) is 10.5. The average molecular weight is 292 g/mol. The molecule has 0 bridgehead atoms. The molecule has 1 aliphatic rings. The second-order valence-electron chi connectivity index (χ2n) is 5.05. The van der Waals surface area contributed by atoms with Crippen molar-refractivity contribution >= 4 is 5.78 Å². The Kier molecular flexibility index (Phi) is 4.11. The predicted molar refractivity (Wildman–Crippen MR) is 62.2 cm³/mol. The minimum absolute atomic E-state index is 0.0107. The number of hydrogen-bond donors (Lipinski definition) is 0. The van der Waals surface area contributed by atoms with Crippen LogP contribution in [-0.4, -0.2) is 12.0 Å². The third-order valence-corrected chi connectivity index (χ3v) is 3.77. The minimum atomic E-state index is -4.27. The van der Waals surface area contributed by atoms with Crippen LogP contribution in [0.2, 0.25) is 0 Å². The fourth-order valence-corrected chi connectivity index (χ4v) is 2.62. The van der Waals surface area contributed by atoms with E-state index in [1.54, 1.807) is 0 Å². The van der Waals surface area contributed by atoms with E-state index >= 15 is 0 Å². The van der Waals surface area contributed by atoms with Crippen molar-refractivity contribution in [2.75, 3.05) is 0 Å². The highest BCUT2D eigenvalue weighted by Crippen LogP contribution is 2.40. The van der Waals surface area contributed by atoms with Crippen molar-refractivity contribution in [2.24, 2.45) is 11.8 Å². The molecular weight excluding hydrogens is 279 g/mol. The maximum absolute atomic E-state index is 13.5. The van der Waals surface area contributed by atoms with E-state index in [0.717, 1.165) is 18.2 Å². The fraction of sp³-hybridized carbons (Fsp3) is 0.500. The molecule has 0 atom stereocenters. The van der Waals surface area contributed by atoms with E-state index in [9.17, 15) is 26.7 Å². The van der Waals surface area contributed by atoms with E-state index in [4.69, 9.17) is 0 Å². The van der Waals surface area contributed by atoms with Crippen LogP contribution in [0.3, 0.4) is 0 Å². The molecule has 1 aliphatic carbocycles.